The Kier molecular flexibility index (Phi) is 7.51. The van der Waals surface area contributed by atoms with Crippen molar-refractivity contribution in [2.24, 2.45) is 21.1 Å². The zero-order valence-corrected chi connectivity index (χ0v) is 17.3. The number of halogens is 2. The van der Waals surface area contributed by atoms with Gasteiger partial charge in [-0.2, -0.15) is 5.10 Å². The minimum Gasteiger partial charge on any atom is -0.323 e. The number of rotatable bonds is 4. The number of pyridine rings is 1. The second-order valence-corrected chi connectivity index (χ2v) is 5.96. The second kappa shape index (κ2) is 9.00. The Morgan fingerprint density at radius 3 is 2.36 bits per heavy atom. The molecule has 0 aliphatic carbocycles. The van der Waals surface area contributed by atoms with Crippen molar-refractivity contribution in [1.29, 1.82) is 0 Å². The first-order valence-corrected chi connectivity index (χ1v) is 7.86. The largest absolute Gasteiger partial charge is 0.332 e. The molecule has 28 heavy (non-hydrogen) atoms. The quantitative estimate of drug-likeness (QED) is 0.607. The zero-order chi connectivity index (χ0) is 19.0. The zero-order valence-electron chi connectivity index (χ0n) is 15.7. The number of fused-ring (bicyclic) bond motifs is 1. The Hall–Kier alpha value is -2.69. The average Bonchev–Trinajstić information content (AvgIpc) is 3.04. The highest BCUT2D eigenvalue weighted by Gasteiger charge is 2.21. The predicted octanol–water partition coefficient (Wildman–Crippen LogP) is 0.108. The van der Waals surface area contributed by atoms with Crippen molar-refractivity contribution >= 4 is 47.4 Å². The lowest BCUT2D eigenvalue weighted by molar-refractivity contribution is -0.118. The van der Waals surface area contributed by atoms with E-state index >= 15 is 0 Å². The molecule has 0 aromatic carbocycles. The number of nitrogens with one attached hydrogen (secondary N) is 2. The van der Waals surface area contributed by atoms with E-state index < -0.39 is 17.3 Å². The number of carbonyl (C=O) groups excluding carboxylic acids is 1. The number of aryl methyl sites for hydroxylation is 2. The van der Waals surface area contributed by atoms with Gasteiger partial charge in [0.1, 0.15) is 11.7 Å². The predicted molar refractivity (Wildman–Crippen MR) is 110 cm³/mol. The molecule has 3 aromatic heterocycles. The summed E-state index contributed by atoms with van der Waals surface area (Å²) in [5.41, 5.74) is 0.401. The molecule has 0 fully saturated rings. The third kappa shape index (κ3) is 4.08. The lowest BCUT2D eigenvalue weighted by Gasteiger charge is -2.15. The van der Waals surface area contributed by atoms with E-state index in [1.807, 2.05) is 0 Å². The van der Waals surface area contributed by atoms with Crippen molar-refractivity contribution in [3.8, 4) is 0 Å². The van der Waals surface area contributed by atoms with Gasteiger partial charge < -0.3 is 10.6 Å². The maximum absolute atomic E-state index is 12.6. The van der Waals surface area contributed by atoms with Crippen LogP contribution in [0.1, 0.15) is 11.6 Å². The van der Waals surface area contributed by atoms with Crippen LogP contribution >= 0.6 is 24.8 Å². The minimum absolute atomic E-state index is 0. The number of nitrogens with zero attached hydrogens (tertiary/aromatic N) is 5. The molecular weight excluding hydrogens is 409 g/mol. The van der Waals surface area contributed by atoms with Crippen molar-refractivity contribution in [2.45, 2.75) is 6.04 Å². The molecule has 12 heteroatoms. The van der Waals surface area contributed by atoms with E-state index in [1.54, 1.807) is 31.2 Å². The molecule has 0 aliphatic heterocycles. The van der Waals surface area contributed by atoms with E-state index in [9.17, 15) is 14.4 Å². The standard InChI is InChI=1S/C16H19N7O3.2ClH/c1-17-12(9-6-19-21(2)8-9)14(24)20-10-5-11-13(18-7-10)22(3)16(26)23(4)15(11)25;;/h5-8,12,17H,1-4H3,(H,20,24);2*1H. The summed E-state index contributed by atoms with van der Waals surface area (Å²) < 4.78 is 3.89. The molecule has 2 N–H and O–H groups in total. The second-order valence-electron chi connectivity index (χ2n) is 5.96. The first-order valence-electron chi connectivity index (χ1n) is 7.86. The SMILES string of the molecule is CNC(C(=O)Nc1cnc2c(c1)c(=O)n(C)c(=O)n2C)c1cnn(C)c1.Cl.Cl. The van der Waals surface area contributed by atoms with Gasteiger partial charge >= 0.3 is 5.69 Å². The molecule has 3 rings (SSSR count). The van der Waals surface area contributed by atoms with Gasteiger partial charge in [0, 0.05) is 32.9 Å². The van der Waals surface area contributed by atoms with Crippen LogP contribution in [-0.4, -0.2) is 36.9 Å². The summed E-state index contributed by atoms with van der Waals surface area (Å²) in [4.78, 5) is 41.0. The summed E-state index contributed by atoms with van der Waals surface area (Å²) in [7, 11) is 6.37. The fourth-order valence-electron chi connectivity index (χ4n) is 2.79. The normalized spacial score (nSPS) is 11.4. The molecular formula is C16H21Cl2N7O3. The molecule has 152 valence electrons. The monoisotopic (exact) mass is 429 g/mol. The molecule has 0 saturated heterocycles. The molecule has 1 amide bonds. The number of aromatic nitrogens is 5. The van der Waals surface area contributed by atoms with Crippen LogP contribution in [0, 0.1) is 0 Å². The summed E-state index contributed by atoms with van der Waals surface area (Å²) in [5, 5.41) is 9.97. The van der Waals surface area contributed by atoms with Crippen molar-refractivity contribution in [1.82, 2.24) is 29.2 Å². The molecule has 0 saturated carbocycles. The van der Waals surface area contributed by atoms with Crippen LogP contribution in [0.25, 0.3) is 11.0 Å². The highest BCUT2D eigenvalue weighted by Crippen LogP contribution is 2.16. The Morgan fingerprint density at radius 1 is 1.11 bits per heavy atom. The summed E-state index contributed by atoms with van der Waals surface area (Å²) in [5.74, 6) is -0.316. The van der Waals surface area contributed by atoms with Crippen LogP contribution in [0.4, 0.5) is 5.69 Å². The lowest BCUT2D eigenvalue weighted by atomic mass is 10.1. The van der Waals surface area contributed by atoms with E-state index in [0.29, 0.717) is 11.3 Å². The molecule has 1 atom stereocenters. The van der Waals surface area contributed by atoms with E-state index in [2.05, 4.69) is 20.7 Å². The molecule has 3 heterocycles. The molecule has 10 nitrogen and oxygen atoms in total. The van der Waals surface area contributed by atoms with Gasteiger partial charge in [0.05, 0.1) is 23.5 Å². The Morgan fingerprint density at radius 2 is 1.79 bits per heavy atom. The van der Waals surface area contributed by atoms with Crippen molar-refractivity contribution in [2.75, 3.05) is 12.4 Å². The Labute approximate surface area is 172 Å². The van der Waals surface area contributed by atoms with Crippen molar-refractivity contribution in [3.05, 3.63) is 51.1 Å². The van der Waals surface area contributed by atoms with E-state index in [-0.39, 0.29) is 41.8 Å². The number of carbonyl (C=O) groups is 1. The number of hydrogen-bond donors (Lipinski definition) is 2. The highest BCUT2D eigenvalue weighted by atomic mass is 35.5. The Bertz CT molecular complexity index is 1120. The number of likely N-dealkylation sites (N-methyl/N-ethyl adjacent to an activating group) is 1. The first-order chi connectivity index (χ1) is 12.3. The van der Waals surface area contributed by atoms with Crippen LogP contribution in [0.5, 0.6) is 0 Å². The summed E-state index contributed by atoms with van der Waals surface area (Å²) in [6.07, 6.45) is 4.75. The van der Waals surface area contributed by atoms with Crippen LogP contribution in [0.3, 0.4) is 0 Å². The summed E-state index contributed by atoms with van der Waals surface area (Å²) in [6.45, 7) is 0. The average molecular weight is 430 g/mol. The molecule has 3 aromatic rings. The topological polar surface area (TPSA) is 116 Å². The Balaban J connectivity index is 0.00000196. The number of amides is 1. The van der Waals surface area contributed by atoms with Crippen LogP contribution in [-0.2, 0) is 25.9 Å². The fourth-order valence-corrected chi connectivity index (χ4v) is 2.79. The van der Waals surface area contributed by atoms with Crippen LogP contribution < -0.4 is 21.9 Å². The third-order valence-electron chi connectivity index (χ3n) is 4.17. The fraction of sp³-hybridized carbons (Fsp3) is 0.312. The summed E-state index contributed by atoms with van der Waals surface area (Å²) >= 11 is 0. The maximum atomic E-state index is 12.6. The molecule has 0 bridgehead atoms. The third-order valence-corrected chi connectivity index (χ3v) is 4.17. The van der Waals surface area contributed by atoms with Crippen LogP contribution in [0.15, 0.2) is 34.2 Å². The molecule has 1 unspecified atom stereocenters. The van der Waals surface area contributed by atoms with Gasteiger partial charge in [0.2, 0.25) is 5.91 Å². The lowest BCUT2D eigenvalue weighted by Crippen LogP contribution is -2.37. The van der Waals surface area contributed by atoms with Gasteiger partial charge in [-0.3, -0.25) is 23.4 Å². The van der Waals surface area contributed by atoms with Gasteiger partial charge in [0.25, 0.3) is 5.56 Å². The van der Waals surface area contributed by atoms with E-state index in [0.717, 1.165) is 4.57 Å². The van der Waals surface area contributed by atoms with E-state index in [1.165, 1.54) is 30.9 Å². The smallest absolute Gasteiger partial charge is 0.323 e. The van der Waals surface area contributed by atoms with Gasteiger partial charge in [0.15, 0.2) is 0 Å². The maximum Gasteiger partial charge on any atom is 0.332 e. The number of hydrogen-bond acceptors (Lipinski definition) is 6. The molecule has 0 radical (unpaired) electrons. The van der Waals surface area contributed by atoms with Gasteiger partial charge in [-0.1, -0.05) is 0 Å². The molecule has 0 spiro atoms. The van der Waals surface area contributed by atoms with Gasteiger partial charge in [-0.05, 0) is 13.1 Å². The minimum atomic E-state index is -0.609. The number of anilines is 1. The van der Waals surface area contributed by atoms with Gasteiger partial charge in [-0.15, -0.1) is 24.8 Å². The van der Waals surface area contributed by atoms with Crippen molar-refractivity contribution in [3.63, 3.8) is 0 Å². The molecule has 0 aliphatic rings. The highest BCUT2D eigenvalue weighted by molar-refractivity contribution is 5.96. The van der Waals surface area contributed by atoms with Crippen LogP contribution in [0.2, 0.25) is 0 Å². The van der Waals surface area contributed by atoms with Gasteiger partial charge in [-0.25, -0.2) is 9.78 Å². The van der Waals surface area contributed by atoms with E-state index in [4.69, 9.17) is 0 Å². The first kappa shape index (κ1) is 23.3. The summed E-state index contributed by atoms with van der Waals surface area (Å²) in [6, 6.07) is 0.903. The van der Waals surface area contributed by atoms with Crippen molar-refractivity contribution < 1.29 is 4.79 Å².